The third-order valence-electron chi connectivity index (χ3n) is 1.90. The molecule has 6 nitrogen and oxygen atoms in total. The molecule has 0 atom stereocenters. The van der Waals surface area contributed by atoms with Crippen molar-refractivity contribution in [1.29, 1.82) is 5.26 Å². The van der Waals surface area contributed by atoms with Crippen molar-refractivity contribution in [2.45, 2.75) is 6.42 Å². The Hall–Kier alpha value is -2.33. The van der Waals surface area contributed by atoms with Crippen molar-refractivity contribution in [3.8, 4) is 11.8 Å². The number of anilines is 1. The first-order valence-electron chi connectivity index (χ1n) is 5.02. The molecule has 1 rings (SSSR count). The van der Waals surface area contributed by atoms with E-state index in [2.05, 4.69) is 16.2 Å². The van der Waals surface area contributed by atoms with Crippen LogP contribution in [0, 0.1) is 11.3 Å². The molecule has 0 aliphatic rings. The van der Waals surface area contributed by atoms with Gasteiger partial charge in [-0.25, -0.2) is 0 Å². The summed E-state index contributed by atoms with van der Waals surface area (Å²) in [6, 6.07) is 8.84. The molecule has 0 bridgehead atoms. The van der Waals surface area contributed by atoms with E-state index in [-0.39, 0.29) is 11.5 Å². The first-order valence-corrected chi connectivity index (χ1v) is 5.43. The lowest BCUT2D eigenvalue weighted by Gasteiger charge is -2.10. The van der Waals surface area contributed by atoms with E-state index in [1.165, 1.54) is 0 Å². The minimum Gasteiger partial charge on any atom is -0.497 e. The number of benzene rings is 1. The zero-order valence-corrected chi connectivity index (χ0v) is 10.5. The molecule has 3 N–H and O–H groups in total. The Labute approximate surface area is 110 Å². The van der Waals surface area contributed by atoms with Crippen molar-refractivity contribution in [3.05, 3.63) is 24.3 Å². The van der Waals surface area contributed by atoms with E-state index in [9.17, 15) is 4.79 Å². The normalized spacial score (nSPS) is 8.89. The van der Waals surface area contributed by atoms with E-state index < -0.39 is 5.91 Å². The molecule has 0 saturated carbocycles. The van der Waals surface area contributed by atoms with Gasteiger partial charge in [-0.15, -0.1) is 0 Å². The van der Waals surface area contributed by atoms with Gasteiger partial charge < -0.3 is 10.1 Å². The molecule has 18 heavy (non-hydrogen) atoms. The van der Waals surface area contributed by atoms with Gasteiger partial charge in [-0.05, 0) is 36.5 Å². The van der Waals surface area contributed by atoms with E-state index in [1.54, 1.807) is 37.4 Å². The van der Waals surface area contributed by atoms with Crippen molar-refractivity contribution in [2.75, 3.05) is 12.4 Å². The van der Waals surface area contributed by atoms with Crippen LogP contribution in [0.4, 0.5) is 5.69 Å². The topological polar surface area (TPSA) is 86.2 Å². The Bertz CT molecular complexity index is 467. The highest BCUT2D eigenvalue weighted by atomic mass is 32.1. The lowest BCUT2D eigenvalue weighted by atomic mass is 10.3. The molecule has 1 aromatic carbocycles. The van der Waals surface area contributed by atoms with Crippen LogP contribution in [-0.4, -0.2) is 18.1 Å². The second-order valence-corrected chi connectivity index (χ2v) is 3.60. The number of carbonyl (C=O) groups is 1. The number of hydrogen-bond acceptors (Lipinski definition) is 4. The first-order chi connectivity index (χ1) is 8.65. The number of hydrogen-bond donors (Lipinski definition) is 3. The van der Waals surface area contributed by atoms with Crippen molar-refractivity contribution in [3.63, 3.8) is 0 Å². The summed E-state index contributed by atoms with van der Waals surface area (Å²) < 4.78 is 5.02. The van der Waals surface area contributed by atoms with Crippen LogP contribution in [0.3, 0.4) is 0 Å². The number of amides is 1. The molecular formula is C11H12N4O2S. The summed E-state index contributed by atoms with van der Waals surface area (Å²) in [6.07, 6.45) is -0.224. The fourth-order valence-corrected chi connectivity index (χ4v) is 1.25. The molecule has 0 unspecified atom stereocenters. The lowest BCUT2D eigenvalue weighted by molar-refractivity contribution is -0.120. The predicted octanol–water partition coefficient (Wildman–Crippen LogP) is 0.926. The highest BCUT2D eigenvalue weighted by molar-refractivity contribution is 7.80. The van der Waals surface area contributed by atoms with Crippen molar-refractivity contribution < 1.29 is 9.53 Å². The van der Waals surface area contributed by atoms with Crippen LogP contribution in [0.25, 0.3) is 0 Å². The summed E-state index contributed by atoms with van der Waals surface area (Å²) in [5, 5.41) is 11.4. The molecule has 1 aromatic rings. The van der Waals surface area contributed by atoms with Crippen LogP contribution in [0.1, 0.15) is 6.42 Å². The third-order valence-corrected chi connectivity index (χ3v) is 2.11. The van der Waals surface area contributed by atoms with E-state index in [0.717, 1.165) is 11.4 Å². The van der Waals surface area contributed by atoms with E-state index >= 15 is 0 Å². The van der Waals surface area contributed by atoms with E-state index in [0.29, 0.717) is 0 Å². The Morgan fingerprint density at radius 2 is 2.06 bits per heavy atom. The fourth-order valence-electron chi connectivity index (χ4n) is 1.08. The zero-order chi connectivity index (χ0) is 13.4. The number of thiocarbonyl (C=S) groups is 1. The van der Waals surface area contributed by atoms with Gasteiger partial charge in [-0.3, -0.25) is 15.6 Å². The maximum atomic E-state index is 11.0. The molecule has 0 aliphatic heterocycles. The SMILES string of the molecule is COc1ccc(NC(=S)NNC(=O)CC#N)cc1. The number of carbonyl (C=O) groups excluding carboxylic acids is 1. The molecule has 94 valence electrons. The van der Waals surface area contributed by atoms with Crippen LogP contribution in [0.15, 0.2) is 24.3 Å². The molecule has 7 heteroatoms. The quantitative estimate of drug-likeness (QED) is 0.556. The van der Waals surface area contributed by atoms with Gasteiger partial charge in [-0.1, -0.05) is 0 Å². The maximum absolute atomic E-state index is 11.0. The number of ether oxygens (including phenoxy) is 1. The van der Waals surface area contributed by atoms with Crippen LogP contribution in [-0.2, 0) is 4.79 Å². The van der Waals surface area contributed by atoms with Crippen LogP contribution in [0.2, 0.25) is 0 Å². The first kappa shape index (κ1) is 13.7. The van der Waals surface area contributed by atoms with Gasteiger partial charge in [-0.2, -0.15) is 5.26 Å². The molecule has 1 amide bonds. The molecule has 0 aliphatic carbocycles. The average molecular weight is 264 g/mol. The minimum atomic E-state index is -0.448. The Kier molecular flexibility index (Phi) is 5.41. The van der Waals surface area contributed by atoms with Gasteiger partial charge >= 0.3 is 0 Å². The van der Waals surface area contributed by atoms with Crippen LogP contribution < -0.4 is 20.9 Å². The van der Waals surface area contributed by atoms with Gasteiger partial charge in [0.2, 0.25) is 0 Å². The molecule has 0 spiro atoms. The van der Waals surface area contributed by atoms with Crippen molar-refractivity contribution in [1.82, 2.24) is 10.9 Å². The van der Waals surface area contributed by atoms with Gasteiger partial charge in [0.05, 0.1) is 13.2 Å². The Morgan fingerprint density at radius 3 is 2.61 bits per heavy atom. The molecule has 0 heterocycles. The van der Waals surface area contributed by atoms with E-state index in [1.807, 2.05) is 0 Å². The third kappa shape index (κ3) is 4.67. The fraction of sp³-hybridized carbons (Fsp3) is 0.182. The largest absolute Gasteiger partial charge is 0.497 e. The van der Waals surface area contributed by atoms with Crippen LogP contribution in [0.5, 0.6) is 5.75 Å². The molecular weight excluding hydrogens is 252 g/mol. The molecule has 0 radical (unpaired) electrons. The number of nitrogens with one attached hydrogen (secondary N) is 3. The maximum Gasteiger partial charge on any atom is 0.252 e. The summed E-state index contributed by atoms with van der Waals surface area (Å²) in [5.41, 5.74) is 5.52. The Morgan fingerprint density at radius 1 is 1.39 bits per heavy atom. The second-order valence-electron chi connectivity index (χ2n) is 3.19. The van der Waals surface area contributed by atoms with Gasteiger partial charge in [0.15, 0.2) is 5.11 Å². The number of hydrazine groups is 1. The number of nitriles is 1. The minimum absolute atomic E-state index is 0.224. The summed E-state index contributed by atoms with van der Waals surface area (Å²) in [6.45, 7) is 0. The monoisotopic (exact) mass is 264 g/mol. The van der Waals surface area contributed by atoms with E-state index in [4.69, 9.17) is 22.2 Å². The summed E-state index contributed by atoms with van der Waals surface area (Å²) in [4.78, 5) is 11.0. The number of nitrogens with zero attached hydrogens (tertiary/aromatic N) is 1. The highest BCUT2D eigenvalue weighted by Crippen LogP contribution is 2.14. The summed E-state index contributed by atoms with van der Waals surface area (Å²) in [7, 11) is 1.58. The number of rotatable bonds is 3. The lowest BCUT2D eigenvalue weighted by Crippen LogP contribution is -2.43. The standard InChI is InChI=1S/C11H12N4O2S/c1-17-9-4-2-8(3-5-9)13-11(18)15-14-10(16)6-7-12/h2-5H,6H2,1H3,(H,14,16)(H2,13,15,18). The van der Waals surface area contributed by atoms with Crippen molar-refractivity contribution in [2.24, 2.45) is 0 Å². The van der Waals surface area contributed by atoms with Crippen LogP contribution >= 0.6 is 12.2 Å². The summed E-state index contributed by atoms with van der Waals surface area (Å²) >= 11 is 4.95. The average Bonchev–Trinajstić information content (AvgIpc) is 2.38. The van der Waals surface area contributed by atoms with Gasteiger partial charge in [0.25, 0.3) is 5.91 Å². The zero-order valence-electron chi connectivity index (χ0n) is 9.69. The second kappa shape index (κ2) is 7.09. The molecule has 0 aromatic heterocycles. The smallest absolute Gasteiger partial charge is 0.252 e. The number of methoxy groups -OCH3 is 1. The summed E-state index contributed by atoms with van der Waals surface area (Å²) in [5.74, 6) is 0.290. The molecule has 0 fully saturated rings. The van der Waals surface area contributed by atoms with Crippen molar-refractivity contribution >= 4 is 28.9 Å². The molecule has 0 saturated heterocycles. The van der Waals surface area contributed by atoms with Gasteiger partial charge in [0, 0.05) is 5.69 Å². The highest BCUT2D eigenvalue weighted by Gasteiger charge is 2.01. The predicted molar refractivity (Wildman–Crippen MR) is 70.7 cm³/mol. The van der Waals surface area contributed by atoms with Gasteiger partial charge in [0.1, 0.15) is 12.2 Å². The Balaban J connectivity index is 2.40.